The number of thiazole rings is 1. The van der Waals surface area contributed by atoms with Crippen molar-refractivity contribution in [2.45, 2.75) is 31.5 Å². The zero-order valence-electron chi connectivity index (χ0n) is 16.9. The summed E-state index contributed by atoms with van der Waals surface area (Å²) in [4.78, 5) is 18.8. The molecule has 162 valence electrons. The Balaban J connectivity index is 1.38. The molecular weight excluding hydrogens is 446 g/mol. The number of rotatable bonds is 10. The Bertz CT molecular complexity index is 1100. The fraction of sp³-hybridized carbons (Fsp3) is 0.368. The van der Waals surface area contributed by atoms with Crippen LogP contribution in [0.5, 0.6) is 0 Å². The Morgan fingerprint density at radius 1 is 1.27 bits per heavy atom. The molecule has 3 rings (SSSR count). The van der Waals surface area contributed by atoms with E-state index < -0.39 is 10.0 Å². The van der Waals surface area contributed by atoms with E-state index in [0.29, 0.717) is 13.0 Å². The fourth-order valence-electron chi connectivity index (χ4n) is 2.45. The number of hydrogen-bond acceptors (Lipinski definition) is 9. The van der Waals surface area contributed by atoms with Gasteiger partial charge in [-0.25, -0.2) is 17.7 Å². The number of esters is 1. The number of carbonyl (C=O) groups excluding carboxylic acids is 1. The predicted molar refractivity (Wildman–Crippen MR) is 117 cm³/mol. The monoisotopic (exact) mass is 469 g/mol. The molecule has 3 aromatic heterocycles. The third-order valence-electron chi connectivity index (χ3n) is 4.08. The number of hydrogen-bond donors (Lipinski definition) is 1. The van der Waals surface area contributed by atoms with Gasteiger partial charge in [0.25, 0.3) is 10.0 Å². The molecule has 0 aliphatic carbocycles. The van der Waals surface area contributed by atoms with Gasteiger partial charge >= 0.3 is 5.97 Å². The van der Waals surface area contributed by atoms with Gasteiger partial charge in [-0.1, -0.05) is 0 Å². The summed E-state index contributed by atoms with van der Waals surface area (Å²) >= 11 is 3.24. The maximum atomic E-state index is 12.0. The molecule has 0 atom stereocenters. The van der Waals surface area contributed by atoms with Gasteiger partial charge in [0, 0.05) is 37.3 Å². The Morgan fingerprint density at radius 3 is 2.77 bits per heavy atom. The highest BCUT2D eigenvalue weighted by Gasteiger charge is 2.21. The first-order valence-corrected chi connectivity index (χ1v) is 12.3. The lowest BCUT2D eigenvalue weighted by molar-refractivity contribution is -0.145. The van der Waals surface area contributed by atoms with Gasteiger partial charge in [0.2, 0.25) is 5.09 Å². The van der Waals surface area contributed by atoms with Gasteiger partial charge in [0.15, 0.2) is 5.13 Å². The number of ether oxygens (including phenoxy) is 1. The molecule has 0 bridgehead atoms. The van der Waals surface area contributed by atoms with E-state index in [2.05, 4.69) is 29.4 Å². The van der Waals surface area contributed by atoms with Crippen LogP contribution in [0.3, 0.4) is 0 Å². The molecule has 0 fully saturated rings. The average molecular weight is 470 g/mol. The van der Waals surface area contributed by atoms with Gasteiger partial charge in [-0.2, -0.15) is 0 Å². The summed E-state index contributed by atoms with van der Waals surface area (Å²) in [6.07, 6.45) is 0.823. The Kier molecular flexibility index (Phi) is 7.29. The highest BCUT2D eigenvalue weighted by Crippen LogP contribution is 2.30. The van der Waals surface area contributed by atoms with Crippen molar-refractivity contribution in [3.05, 3.63) is 40.3 Å². The van der Waals surface area contributed by atoms with Crippen molar-refractivity contribution in [3.8, 4) is 10.6 Å². The van der Waals surface area contributed by atoms with Crippen molar-refractivity contribution in [1.82, 2.24) is 9.29 Å². The third-order valence-corrected chi connectivity index (χ3v) is 7.59. The van der Waals surface area contributed by atoms with Crippen LogP contribution in [0.4, 0.5) is 5.13 Å². The smallest absolute Gasteiger partial charge is 0.306 e. The Labute approximate surface area is 183 Å². The summed E-state index contributed by atoms with van der Waals surface area (Å²) in [5.74, 6) is -0.0971. The van der Waals surface area contributed by atoms with E-state index in [-0.39, 0.29) is 29.8 Å². The Morgan fingerprint density at radius 2 is 2.07 bits per heavy atom. The number of aryl methyl sites for hydroxylation is 1. The second-order valence-electron chi connectivity index (χ2n) is 6.65. The SMILES string of the molecule is Cc1ccc(-c2csc(NCCCC(=O)OCc3ccc(S(=O)(=O)N(C)C)o3)n2)s1. The number of carbonyl (C=O) groups is 1. The summed E-state index contributed by atoms with van der Waals surface area (Å²) in [6, 6.07) is 6.97. The number of aromatic nitrogens is 1. The molecule has 3 heterocycles. The first kappa shape index (κ1) is 22.5. The predicted octanol–water partition coefficient (Wildman–Crippen LogP) is 3.96. The topological polar surface area (TPSA) is 102 Å². The van der Waals surface area contributed by atoms with Crippen LogP contribution in [-0.4, -0.2) is 44.3 Å². The van der Waals surface area contributed by atoms with Gasteiger partial charge < -0.3 is 14.5 Å². The summed E-state index contributed by atoms with van der Waals surface area (Å²) in [7, 11) is -0.804. The Hall–Kier alpha value is -2.21. The van der Waals surface area contributed by atoms with Crippen LogP contribution in [0.15, 0.2) is 39.2 Å². The third kappa shape index (κ3) is 5.69. The van der Waals surface area contributed by atoms with Crippen molar-refractivity contribution in [2.24, 2.45) is 0 Å². The summed E-state index contributed by atoms with van der Waals surface area (Å²) in [5.41, 5.74) is 0.953. The number of nitrogens with zero attached hydrogens (tertiary/aromatic N) is 2. The van der Waals surface area contributed by atoms with E-state index in [1.54, 1.807) is 11.3 Å². The zero-order chi connectivity index (χ0) is 21.7. The molecule has 11 heteroatoms. The van der Waals surface area contributed by atoms with Crippen LogP contribution >= 0.6 is 22.7 Å². The second-order valence-corrected chi connectivity index (χ2v) is 10.9. The van der Waals surface area contributed by atoms with Crippen molar-refractivity contribution in [2.75, 3.05) is 26.0 Å². The van der Waals surface area contributed by atoms with Gasteiger partial charge in [-0.15, -0.1) is 22.7 Å². The molecule has 0 spiro atoms. The number of thiophene rings is 1. The summed E-state index contributed by atoms with van der Waals surface area (Å²) in [6.45, 7) is 2.55. The average Bonchev–Trinajstić information content (AvgIpc) is 3.44. The van der Waals surface area contributed by atoms with Gasteiger partial charge in [-0.3, -0.25) is 4.79 Å². The number of furan rings is 1. The molecule has 0 aromatic carbocycles. The molecule has 0 aliphatic heterocycles. The minimum absolute atomic E-state index is 0.106. The molecule has 0 aliphatic rings. The molecule has 0 saturated heterocycles. The lowest BCUT2D eigenvalue weighted by Crippen LogP contribution is -2.21. The molecule has 0 amide bonds. The van der Waals surface area contributed by atoms with E-state index in [9.17, 15) is 13.2 Å². The van der Waals surface area contributed by atoms with E-state index in [4.69, 9.17) is 9.15 Å². The molecular formula is C19H23N3O5S3. The minimum atomic E-state index is -3.64. The zero-order valence-corrected chi connectivity index (χ0v) is 19.3. The quantitative estimate of drug-likeness (QED) is 0.354. The van der Waals surface area contributed by atoms with Crippen LogP contribution < -0.4 is 5.32 Å². The van der Waals surface area contributed by atoms with Crippen molar-refractivity contribution in [3.63, 3.8) is 0 Å². The van der Waals surface area contributed by atoms with E-state index >= 15 is 0 Å². The van der Waals surface area contributed by atoms with Crippen LogP contribution in [-0.2, 0) is 26.2 Å². The molecule has 8 nitrogen and oxygen atoms in total. The molecule has 0 saturated carbocycles. The highest BCUT2D eigenvalue weighted by atomic mass is 32.2. The van der Waals surface area contributed by atoms with Crippen molar-refractivity contribution in [1.29, 1.82) is 0 Å². The molecule has 3 aromatic rings. The van der Waals surface area contributed by atoms with E-state index in [1.165, 1.54) is 42.4 Å². The molecule has 0 unspecified atom stereocenters. The van der Waals surface area contributed by atoms with Gasteiger partial charge in [-0.05, 0) is 37.6 Å². The van der Waals surface area contributed by atoms with E-state index in [0.717, 1.165) is 20.0 Å². The summed E-state index contributed by atoms with van der Waals surface area (Å²) in [5, 5.41) is 5.86. The van der Waals surface area contributed by atoms with E-state index in [1.807, 2.05) is 5.38 Å². The van der Waals surface area contributed by atoms with Crippen LogP contribution in [0.25, 0.3) is 10.6 Å². The fourth-order valence-corrected chi connectivity index (χ4v) is 4.90. The number of nitrogens with one attached hydrogen (secondary N) is 1. The van der Waals surface area contributed by atoms with Crippen LogP contribution in [0.2, 0.25) is 0 Å². The van der Waals surface area contributed by atoms with Gasteiger partial charge in [0.05, 0.1) is 10.6 Å². The maximum absolute atomic E-state index is 12.0. The first-order chi connectivity index (χ1) is 14.3. The maximum Gasteiger partial charge on any atom is 0.306 e. The lowest BCUT2D eigenvalue weighted by Gasteiger charge is -2.08. The standard InChI is InChI=1S/C19H23N3O5S3/c1-13-6-8-16(29-13)15-12-28-19(21-15)20-10-4-5-17(23)26-11-14-7-9-18(27-14)30(24,25)22(2)3/h6-9,12H,4-5,10-11H2,1-3H3,(H,20,21). The normalized spacial score (nSPS) is 11.7. The largest absolute Gasteiger partial charge is 0.457 e. The molecule has 0 radical (unpaired) electrons. The second kappa shape index (κ2) is 9.73. The minimum Gasteiger partial charge on any atom is -0.457 e. The van der Waals surface area contributed by atoms with Crippen molar-refractivity contribution < 1.29 is 22.4 Å². The first-order valence-electron chi connectivity index (χ1n) is 9.19. The van der Waals surface area contributed by atoms with Crippen LogP contribution in [0, 0.1) is 6.92 Å². The lowest BCUT2D eigenvalue weighted by atomic mass is 10.3. The molecule has 1 N–H and O–H groups in total. The molecule has 30 heavy (non-hydrogen) atoms. The highest BCUT2D eigenvalue weighted by molar-refractivity contribution is 7.88. The van der Waals surface area contributed by atoms with Gasteiger partial charge in [0.1, 0.15) is 12.4 Å². The number of sulfonamides is 1. The van der Waals surface area contributed by atoms with Crippen molar-refractivity contribution >= 4 is 43.8 Å². The summed E-state index contributed by atoms with van der Waals surface area (Å²) < 4.78 is 35.4. The van der Waals surface area contributed by atoms with Crippen LogP contribution in [0.1, 0.15) is 23.5 Å². The number of anilines is 1.